The van der Waals surface area contributed by atoms with Crippen molar-refractivity contribution < 1.29 is 28.6 Å². The van der Waals surface area contributed by atoms with Gasteiger partial charge in [-0.25, -0.2) is 4.39 Å². The maximum atomic E-state index is 14.6. The van der Waals surface area contributed by atoms with Gasteiger partial charge in [-0.15, -0.1) is 0 Å². The zero-order valence-corrected chi connectivity index (χ0v) is 25.0. The zero-order chi connectivity index (χ0) is 30.6. The van der Waals surface area contributed by atoms with Gasteiger partial charge in [0, 0.05) is 41.9 Å². The molecule has 7 nitrogen and oxygen atoms in total. The van der Waals surface area contributed by atoms with Crippen LogP contribution in [0.1, 0.15) is 58.3 Å². The number of aromatic hydroxyl groups is 1. The van der Waals surface area contributed by atoms with Crippen molar-refractivity contribution >= 4 is 17.9 Å². The average Bonchev–Trinajstić information content (AvgIpc) is 3.36. The van der Waals surface area contributed by atoms with Gasteiger partial charge >= 0.3 is 0 Å². The Bertz CT molecular complexity index is 1470. The van der Waals surface area contributed by atoms with Crippen LogP contribution in [0.3, 0.4) is 0 Å². The van der Waals surface area contributed by atoms with Crippen molar-refractivity contribution in [1.29, 1.82) is 0 Å². The van der Waals surface area contributed by atoms with E-state index in [1.165, 1.54) is 25.3 Å². The van der Waals surface area contributed by atoms with Gasteiger partial charge in [0.1, 0.15) is 17.3 Å². The standard InChI is InChI=1S/C35H39FN2O5/c1-24-19-28(20-25(2)33(24)40)34(41)37-17-15-35(16-18-37)14-13-29(23-43-22-26-7-5-4-6-8-26)38(35)32(39)12-10-27-9-11-30(42-3)21-31(27)36/h4-12,19-21,29,40H,13-18,22-23H2,1-3H3/b12-10+. The maximum Gasteiger partial charge on any atom is 0.253 e. The number of carbonyl (C=O) groups is 2. The molecule has 0 bridgehead atoms. The molecule has 0 aromatic heterocycles. The molecule has 1 atom stereocenters. The Morgan fingerprint density at radius 3 is 2.37 bits per heavy atom. The average molecular weight is 587 g/mol. The van der Waals surface area contributed by atoms with E-state index in [0.717, 1.165) is 18.4 Å². The molecule has 3 aromatic rings. The number of methoxy groups -OCH3 is 1. The van der Waals surface area contributed by atoms with Gasteiger partial charge in [0.15, 0.2) is 0 Å². The summed E-state index contributed by atoms with van der Waals surface area (Å²) >= 11 is 0. The van der Waals surface area contributed by atoms with E-state index in [1.54, 1.807) is 38.1 Å². The van der Waals surface area contributed by atoms with Crippen LogP contribution in [0.2, 0.25) is 0 Å². The highest BCUT2D eigenvalue weighted by Crippen LogP contribution is 2.42. The van der Waals surface area contributed by atoms with Crippen LogP contribution >= 0.6 is 0 Å². The molecule has 226 valence electrons. The summed E-state index contributed by atoms with van der Waals surface area (Å²) in [5.74, 6) is -0.111. The van der Waals surface area contributed by atoms with Crippen LogP contribution in [-0.2, 0) is 16.1 Å². The van der Waals surface area contributed by atoms with Crippen molar-refractivity contribution in [3.8, 4) is 11.5 Å². The Morgan fingerprint density at radius 2 is 1.72 bits per heavy atom. The summed E-state index contributed by atoms with van der Waals surface area (Å²) in [5.41, 5.74) is 2.84. The molecule has 2 amide bonds. The summed E-state index contributed by atoms with van der Waals surface area (Å²) in [6.07, 6.45) is 5.83. The molecule has 1 N–H and O–H groups in total. The molecule has 2 fully saturated rings. The number of nitrogens with zero attached hydrogens (tertiary/aromatic N) is 2. The molecular formula is C35H39FN2O5. The van der Waals surface area contributed by atoms with Crippen LogP contribution in [-0.4, -0.2) is 65.1 Å². The molecule has 2 aliphatic rings. The van der Waals surface area contributed by atoms with Crippen molar-refractivity contribution in [2.75, 3.05) is 26.8 Å². The second-order valence-electron chi connectivity index (χ2n) is 11.6. The minimum atomic E-state index is -0.464. The Hall–Kier alpha value is -4.17. The minimum absolute atomic E-state index is 0.0745. The van der Waals surface area contributed by atoms with E-state index in [-0.39, 0.29) is 23.6 Å². The van der Waals surface area contributed by atoms with E-state index in [0.29, 0.717) is 67.1 Å². The van der Waals surface area contributed by atoms with E-state index in [1.807, 2.05) is 40.1 Å². The fourth-order valence-electron chi connectivity index (χ4n) is 6.42. The zero-order valence-electron chi connectivity index (χ0n) is 25.0. The van der Waals surface area contributed by atoms with Crippen molar-refractivity contribution in [3.05, 3.63) is 100 Å². The number of rotatable bonds is 8. The quantitative estimate of drug-likeness (QED) is 0.325. The van der Waals surface area contributed by atoms with Gasteiger partial charge in [0.05, 0.1) is 26.4 Å². The second kappa shape index (κ2) is 13.0. The van der Waals surface area contributed by atoms with E-state index in [9.17, 15) is 19.1 Å². The first kappa shape index (κ1) is 30.3. The van der Waals surface area contributed by atoms with Crippen molar-refractivity contribution in [3.63, 3.8) is 0 Å². The van der Waals surface area contributed by atoms with E-state index >= 15 is 0 Å². The number of benzene rings is 3. The first-order chi connectivity index (χ1) is 20.7. The fraction of sp³-hybridized carbons (Fsp3) is 0.371. The van der Waals surface area contributed by atoms with Gasteiger partial charge in [0.2, 0.25) is 5.91 Å². The predicted molar refractivity (Wildman–Crippen MR) is 163 cm³/mol. The smallest absolute Gasteiger partial charge is 0.253 e. The summed E-state index contributed by atoms with van der Waals surface area (Å²) in [6, 6.07) is 17.8. The first-order valence-corrected chi connectivity index (χ1v) is 14.8. The summed E-state index contributed by atoms with van der Waals surface area (Å²) in [4.78, 5) is 31.0. The van der Waals surface area contributed by atoms with Crippen molar-refractivity contribution in [2.45, 2.75) is 57.7 Å². The van der Waals surface area contributed by atoms with Gasteiger partial charge in [-0.1, -0.05) is 30.3 Å². The van der Waals surface area contributed by atoms with Crippen LogP contribution < -0.4 is 4.74 Å². The number of likely N-dealkylation sites (tertiary alicyclic amines) is 2. The summed E-state index contributed by atoms with van der Waals surface area (Å²) in [6.45, 7) is 5.44. The van der Waals surface area contributed by atoms with Gasteiger partial charge in [0.25, 0.3) is 5.91 Å². The predicted octanol–water partition coefficient (Wildman–Crippen LogP) is 6.05. The van der Waals surface area contributed by atoms with Crippen LogP contribution in [0.5, 0.6) is 11.5 Å². The number of phenolic OH excluding ortho intramolecular Hbond substituents is 1. The van der Waals surface area contributed by atoms with E-state index < -0.39 is 11.4 Å². The minimum Gasteiger partial charge on any atom is -0.507 e. The normalized spacial score (nSPS) is 18.0. The molecule has 2 heterocycles. The highest BCUT2D eigenvalue weighted by Gasteiger charge is 2.50. The lowest BCUT2D eigenvalue weighted by molar-refractivity contribution is -0.135. The first-order valence-electron chi connectivity index (χ1n) is 14.8. The monoisotopic (exact) mass is 586 g/mol. The number of amides is 2. The molecule has 0 saturated carbocycles. The lowest BCUT2D eigenvalue weighted by atomic mass is 9.84. The van der Waals surface area contributed by atoms with Crippen molar-refractivity contribution in [2.24, 2.45) is 0 Å². The number of halogens is 1. The molecule has 43 heavy (non-hydrogen) atoms. The lowest BCUT2D eigenvalue weighted by Gasteiger charge is -2.46. The maximum absolute atomic E-state index is 14.6. The molecular weight excluding hydrogens is 547 g/mol. The van der Waals surface area contributed by atoms with Gasteiger partial charge < -0.3 is 24.4 Å². The third kappa shape index (κ3) is 6.59. The Labute approximate surface area is 252 Å². The summed E-state index contributed by atoms with van der Waals surface area (Å²) in [5, 5.41) is 10.1. The van der Waals surface area contributed by atoms with Gasteiger partial charge in [-0.3, -0.25) is 9.59 Å². The molecule has 2 aliphatic heterocycles. The Kier molecular flexibility index (Phi) is 9.16. The summed E-state index contributed by atoms with van der Waals surface area (Å²) in [7, 11) is 1.48. The van der Waals surface area contributed by atoms with Gasteiger partial charge in [-0.05, 0) is 86.6 Å². The van der Waals surface area contributed by atoms with Crippen molar-refractivity contribution in [1.82, 2.24) is 9.80 Å². The lowest BCUT2D eigenvalue weighted by Crippen LogP contribution is -2.57. The Balaban J connectivity index is 1.33. The largest absolute Gasteiger partial charge is 0.507 e. The molecule has 3 aromatic carbocycles. The van der Waals surface area contributed by atoms with Crippen LogP contribution in [0.15, 0.2) is 66.7 Å². The van der Waals surface area contributed by atoms with Crippen LogP contribution in [0, 0.1) is 19.7 Å². The number of carbonyl (C=O) groups excluding carboxylic acids is 2. The molecule has 1 unspecified atom stereocenters. The van der Waals surface area contributed by atoms with Crippen LogP contribution in [0.25, 0.3) is 6.08 Å². The van der Waals surface area contributed by atoms with E-state index in [4.69, 9.17) is 9.47 Å². The molecule has 2 saturated heterocycles. The number of hydrogen-bond donors (Lipinski definition) is 1. The third-order valence-corrected chi connectivity index (χ3v) is 8.81. The second-order valence-corrected chi connectivity index (χ2v) is 11.6. The number of ether oxygens (including phenoxy) is 2. The fourth-order valence-corrected chi connectivity index (χ4v) is 6.42. The summed E-state index contributed by atoms with van der Waals surface area (Å²) < 4.78 is 25.8. The third-order valence-electron chi connectivity index (χ3n) is 8.81. The topological polar surface area (TPSA) is 79.3 Å². The highest BCUT2D eigenvalue weighted by atomic mass is 19.1. The van der Waals surface area contributed by atoms with Gasteiger partial charge in [-0.2, -0.15) is 0 Å². The molecule has 0 radical (unpaired) electrons. The molecule has 0 aliphatic carbocycles. The number of piperidine rings is 1. The SMILES string of the molecule is COc1ccc(/C=C/C(=O)N2C(COCc3ccccc3)CCC23CCN(C(=O)c2cc(C)c(O)c(C)c2)CC3)c(F)c1. The highest BCUT2D eigenvalue weighted by molar-refractivity contribution is 5.95. The number of hydrogen-bond acceptors (Lipinski definition) is 5. The van der Waals surface area contributed by atoms with Crippen LogP contribution in [0.4, 0.5) is 4.39 Å². The van der Waals surface area contributed by atoms with E-state index in [2.05, 4.69) is 0 Å². The molecule has 5 rings (SSSR count). The molecule has 8 heteroatoms. The number of aryl methyl sites for hydroxylation is 2. The molecule has 1 spiro atoms. The number of phenols is 1. The Morgan fingerprint density at radius 1 is 1.02 bits per heavy atom.